The fourth-order valence-electron chi connectivity index (χ4n) is 1.72. The lowest BCUT2D eigenvalue weighted by Crippen LogP contribution is -1.99. The van der Waals surface area contributed by atoms with Crippen LogP contribution in [0.1, 0.15) is 5.56 Å². The van der Waals surface area contributed by atoms with E-state index < -0.39 is 0 Å². The highest BCUT2D eigenvalue weighted by atomic mass is 35.5. The molecule has 0 atom stereocenters. The molecule has 4 nitrogen and oxygen atoms in total. The molecular weight excluding hydrogens is 238 g/mol. The number of ether oxygens (including phenoxy) is 1. The Labute approximate surface area is 105 Å². The minimum atomic E-state index is 0.586. The van der Waals surface area contributed by atoms with Crippen LogP contribution in [0.4, 0.5) is 5.82 Å². The van der Waals surface area contributed by atoms with Gasteiger partial charge in [0.2, 0.25) is 0 Å². The van der Waals surface area contributed by atoms with Crippen LogP contribution < -0.4 is 10.5 Å². The van der Waals surface area contributed by atoms with Gasteiger partial charge < -0.3 is 10.5 Å². The first-order valence-corrected chi connectivity index (χ1v) is 5.55. The quantitative estimate of drug-likeness (QED) is 0.893. The maximum Gasteiger partial charge on any atom is 0.145 e. The van der Waals surface area contributed by atoms with Crippen LogP contribution in [0.15, 0.2) is 18.3 Å². The molecule has 1 aromatic heterocycles. The van der Waals surface area contributed by atoms with E-state index >= 15 is 0 Å². The number of halogens is 1. The second kappa shape index (κ2) is 4.30. The maximum absolute atomic E-state index is 6.21. The van der Waals surface area contributed by atoms with E-state index in [9.17, 15) is 0 Å². The van der Waals surface area contributed by atoms with Crippen molar-refractivity contribution in [3.8, 4) is 16.9 Å². The van der Waals surface area contributed by atoms with E-state index in [0.717, 1.165) is 16.7 Å². The Morgan fingerprint density at radius 2 is 2.06 bits per heavy atom. The summed E-state index contributed by atoms with van der Waals surface area (Å²) in [4.78, 5) is 0. The Balaban J connectivity index is 2.68. The maximum atomic E-state index is 6.21. The van der Waals surface area contributed by atoms with Gasteiger partial charge in [-0.15, -0.1) is 0 Å². The van der Waals surface area contributed by atoms with Crippen LogP contribution in [0.2, 0.25) is 5.02 Å². The third kappa shape index (κ3) is 1.85. The zero-order valence-corrected chi connectivity index (χ0v) is 10.7. The number of aryl methyl sites for hydroxylation is 2. The highest BCUT2D eigenvalue weighted by Crippen LogP contribution is 2.39. The Morgan fingerprint density at radius 3 is 2.59 bits per heavy atom. The topological polar surface area (TPSA) is 53.1 Å². The van der Waals surface area contributed by atoms with Gasteiger partial charge in [0.1, 0.15) is 11.6 Å². The van der Waals surface area contributed by atoms with E-state index in [2.05, 4.69) is 5.10 Å². The summed E-state index contributed by atoms with van der Waals surface area (Å²) in [5, 5.41) is 4.72. The summed E-state index contributed by atoms with van der Waals surface area (Å²) in [6.07, 6.45) is 1.71. The largest absolute Gasteiger partial charge is 0.495 e. The fourth-order valence-corrected chi connectivity index (χ4v) is 1.96. The number of anilines is 1. The molecule has 1 aromatic carbocycles. The van der Waals surface area contributed by atoms with Crippen molar-refractivity contribution in [3.05, 3.63) is 28.9 Å². The van der Waals surface area contributed by atoms with Crippen molar-refractivity contribution in [1.29, 1.82) is 0 Å². The van der Waals surface area contributed by atoms with E-state index in [0.29, 0.717) is 16.6 Å². The molecule has 0 radical (unpaired) electrons. The average Bonchev–Trinajstić information content (AvgIpc) is 2.64. The fraction of sp³-hybridized carbons (Fsp3) is 0.250. The first-order chi connectivity index (χ1) is 8.06. The lowest BCUT2D eigenvalue weighted by molar-refractivity contribution is 0.416. The molecule has 17 heavy (non-hydrogen) atoms. The third-order valence-electron chi connectivity index (χ3n) is 2.77. The monoisotopic (exact) mass is 251 g/mol. The van der Waals surface area contributed by atoms with Crippen LogP contribution in [0, 0.1) is 6.92 Å². The molecule has 0 unspecified atom stereocenters. The summed E-state index contributed by atoms with van der Waals surface area (Å²) >= 11 is 6.21. The number of nitrogens with two attached hydrogens (primary N) is 1. The Hall–Kier alpha value is -1.68. The molecule has 0 saturated carbocycles. The van der Waals surface area contributed by atoms with Gasteiger partial charge in [0.15, 0.2) is 0 Å². The first kappa shape index (κ1) is 11.8. The van der Waals surface area contributed by atoms with Crippen molar-refractivity contribution in [2.24, 2.45) is 7.05 Å². The van der Waals surface area contributed by atoms with Crippen molar-refractivity contribution in [2.45, 2.75) is 6.92 Å². The Bertz CT molecular complexity index is 563. The van der Waals surface area contributed by atoms with Crippen LogP contribution in [0.5, 0.6) is 5.75 Å². The lowest BCUT2D eigenvalue weighted by atomic mass is 10.1. The van der Waals surface area contributed by atoms with E-state index in [-0.39, 0.29) is 0 Å². The molecule has 5 heteroatoms. The number of rotatable bonds is 2. The first-order valence-electron chi connectivity index (χ1n) is 5.17. The van der Waals surface area contributed by atoms with Crippen LogP contribution in [0.25, 0.3) is 11.1 Å². The second-order valence-corrected chi connectivity index (χ2v) is 4.22. The molecule has 90 valence electrons. The molecule has 2 aromatic rings. The highest BCUT2D eigenvalue weighted by molar-refractivity contribution is 6.33. The van der Waals surface area contributed by atoms with Crippen molar-refractivity contribution < 1.29 is 4.74 Å². The molecule has 0 fully saturated rings. The zero-order valence-electron chi connectivity index (χ0n) is 9.99. The number of hydrogen-bond donors (Lipinski definition) is 1. The van der Waals surface area contributed by atoms with E-state index in [1.165, 1.54) is 0 Å². The SMILES string of the molecule is COc1c(-c2cnn(C)c2N)ccc(C)c1Cl. The van der Waals surface area contributed by atoms with Gasteiger partial charge in [-0.25, -0.2) is 0 Å². The highest BCUT2D eigenvalue weighted by Gasteiger charge is 2.16. The molecule has 2 N–H and O–H groups in total. The van der Waals surface area contributed by atoms with Crippen molar-refractivity contribution in [1.82, 2.24) is 9.78 Å². The number of nitrogens with zero attached hydrogens (tertiary/aromatic N) is 2. The number of nitrogen functional groups attached to an aromatic ring is 1. The molecule has 0 bridgehead atoms. The molecule has 0 aliphatic rings. The van der Waals surface area contributed by atoms with E-state index in [1.54, 1.807) is 25.0 Å². The predicted octanol–water partition coefficient (Wildman–Crippen LogP) is 2.64. The second-order valence-electron chi connectivity index (χ2n) is 3.84. The van der Waals surface area contributed by atoms with E-state index in [1.807, 2.05) is 19.1 Å². The Kier molecular flexibility index (Phi) is 2.98. The normalized spacial score (nSPS) is 10.6. The zero-order chi connectivity index (χ0) is 12.6. The number of benzene rings is 1. The summed E-state index contributed by atoms with van der Waals surface area (Å²) < 4.78 is 6.96. The molecule has 1 heterocycles. The Morgan fingerprint density at radius 1 is 1.35 bits per heavy atom. The summed E-state index contributed by atoms with van der Waals surface area (Å²) in [5.41, 5.74) is 8.60. The molecule has 0 aliphatic carbocycles. The van der Waals surface area contributed by atoms with Crippen LogP contribution in [-0.4, -0.2) is 16.9 Å². The van der Waals surface area contributed by atoms with Crippen LogP contribution in [-0.2, 0) is 7.05 Å². The molecule has 0 amide bonds. The van der Waals surface area contributed by atoms with Crippen molar-refractivity contribution in [2.75, 3.05) is 12.8 Å². The smallest absolute Gasteiger partial charge is 0.145 e. The van der Waals surface area contributed by atoms with E-state index in [4.69, 9.17) is 22.1 Å². The van der Waals surface area contributed by atoms with Crippen LogP contribution in [0.3, 0.4) is 0 Å². The predicted molar refractivity (Wildman–Crippen MR) is 69.4 cm³/mol. The van der Waals surface area contributed by atoms with Crippen molar-refractivity contribution in [3.63, 3.8) is 0 Å². The average molecular weight is 252 g/mol. The van der Waals surface area contributed by atoms with Gasteiger partial charge in [-0.3, -0.25) is 4.68 Å². The van der Waals surface area contributed by atoms with Gasteiger partial charge in [-0.2, -0.15) is 5.10 Å². The van der Waals surface area contributed by atoms with Crippen molar-refractivity contribution >= 4 is 17.4 Å². The summed E-state index contributed by atoms with van der Waals surface area (Å²) in [7, 11) is 3.39. The van der Waals surface area contributed by atoms with Gasteiger partial charge in [0, 0.05) is 18.2 Å². The number of aromatic nitrogens is 2. The van der Waals surface area contributed by atoms with Crippen LogP contribution >= 0.6 is 11.6 Å². The minimum absolute atomic E-state index is 0.586. The summed E-state index contributed by atoms with van der Waals surface area (Å²) in [5.74, 6) is 1.22. The molecule has 2 rings (SSSR count). The lowest BCUT2D eigenvalue weighted by Gasteiger charge is -2.11. The van der Waals surface area contributed by atoms with Gasteiger partial charge in [0.05, 0.1) is 18.3 Å². The van der Waals surface area contributed by atoms with Gasteiger partial charge in [0.25, 0.3) is 0 Å². The summed E-state index contributed by atoms with van der Waals surface area (Å²) in [6.45, 7) is 1.93. The molecule has 0 spiro atoms. The minimum Gasteiger partial charge on any atom is -0.495 e. The molecular formula is C12H14ClN3O. The molecule has 0 saturated heterocycles. The summed E-state index contributed by atoms with van der Waals surface area (Å²) in [6, 6.07) is 3.88. The van der Waals surface area contributed by atoms with Gasteiger partial charge in [-0.05, 0) is 12.5 Å². The number of methoxy groups -OCH3 is 1. The molecule has 0 aliphatic heterocycles. The number of hydrogen-bond acceptors (Lipinski definition) is 3. The standard InChI is InChI=1S/C12H14ClN3O/c1-7-4-5-8(11(17-3)10(7)13)9-6-15-16(2)12(9)14/h4-6H,14H2,1-3H3. The third-order valence-corrected chi connectivity index (χ3v) is 3.24. The van der Waals surface area contributed by atoms with Gasteiger partial charge >= 0.3 is 0 Å². The van der Waals surface area contributed by atoms with Gasteiger partial charge in [-0.1, -0.05) is 23.7 Å².